The van der Waals surface area contributed by atoms with E-state index in [9.17, 15) is 14.0 Å². The van der Waals surface area contributed by atoms with Crippen LogP contribution in [0.3, 0.4) is 0 Å². The number of hydrogen-bond acceptors (Lipinski definition) is 4. The molecule has 1 aliphatic heterocycles. The normalized spacial score (nSPS) is 13.2. The molecular formula is C21H15FN2O2S2. The highest BCUT2D eigenvalue weighted by Crippen LogP contribution is 2.33. The maximum absolute atomic E-state index is 13.0. The smallest absolute Gasteiger partial charge is 0.248 e. The lowest BCUT2D eigenvalue weighted by Crippen LogP contribution is -2.19. The first kappa shape index (κ1) is 18.5. The predicted octanol–water partition coefficient (Wildman–Crippen LogP) is 5.25. The van der Waals surface area contributed by atoms with Gasteiger partial charge >= 0.3 is 0 Å². The third-order valence-corrected chi connectivity index (χ3v) is 6.21. The van der Waals surface area contributed by atoms with E-state index in [1.807, 2.05) is 24.3 Å². The minimum Gasteiger partial charge on any atom is -0.324 e. The molecule has 2 heterocycles. The molecule has 0 fully saturated rings. The van der Waals surface area contributed by atoms with Gasteiger partial charge in [-0.3, -0.25) is 9.59 Å². The number of rotatable bonds is 4. The van der Waals surface area contributed by atoms with Crippen molar-refractivity contribution in [3.05, 3.63) is 71.4 Å². The first-order chi connectivity index (χ1) is 13.6. The molecule has 0 aliphatic carbocycles. The highest BCUT2D eigenvalue weighted by Gasteiger charge is 2.15. The van der Waals surface area contributed by atoms with Crippen LogP contribution in [-0.2, 0) is 9.59 Å². The van der Waals surface area contributed by atoms with Crippen molar-refractivity contribution in [2.24, 2.45) is 0 Å². The molecule has 28 heavy (non-hydrogen) atoms. The molecule has 4 rings (SSSR count). The molecule has 4 nitrogen and oxygen atoms in total. The highest BCUT2D eigenvalue weighted by molar-refractivity contribution is 8.00. The fraction of sp³-hybridized carbons (Fsp3) is 0.0476. The molecular weight excluding hydrogens is 395 g/mol. The summed E-state index contributed by atoms with van der Waals surface area (Å²) in [4.78, 5) is 26.6. The zero-order valence-corrected chi connectivity index (χ0v) is 16.2. The first-order valence-electron chi connectivity index (χ1n) is 8.48. The Balaban J connectivity index is 1.41. The van der Waals surface area contributed by atoms with Gasteiger partial charge in [0.25, 0.3) is 0 Å². The van der Waals surface area contributed by atoms with Crippen LogP contribution in [0.25, 0.3) is 16.5 Å². The number of carbonyl (C=O) groups excluding carboxylic acids is 2. The van der Waals surface area contributed by atoms with Crippen molar-refractivity contribution in [1.82, 2.24) is 0 Å². The number of halogens is 1. The van der Waals surface area contributed by atoms with E-state index in [4.69, 9.17) is 0 Å². The van der Waals surface area contributed by atoms with E-state index in [-0.39, 0.29) is 17.6 Å². The fourth-order valence-electron chi connectivity index (χ4n) is 2.71. The van der Waals surface area contributed by atoms with Gasteiger partial charge in [0.05, 0.1) is 11.4 Å². The van der Waals surface area contributed by atoms with Gasteiger partial charge in [0.2, 0.25) is 11.8 Å². The number of anilines is 2. The van der Waals surface area contributed by atoms with Gasteiger partial charge in [-0.15, -0.1) is 23.1 Å². The molecule has 0 radical (unpaired) electrons. The zero-order chi connectivity index (χ0) is 19.5. The number of carbonyl (C=O) groups is 2. The van der Waals surface area contributed by atoms with Crippen molar-refractivity contribution >= 4 is 52.4 Å². The third kappa shape index (κ3) is 4.32. The summed E-state index contributed by atoms with van der Waals surface area (Å²) in [5.41, 5.74) is 2.27. The Morgan fingerprint density at radius 3 is 2.75 bits per heavy atom. The Morgan fingerprint density at radius 2 is 1.93 bits per heavy atom. The molecule has 0 saturated carbocycles. The number of thiophene rings is 1. The summed E-state index contributed by atoms with van der Waals surface area (Å²) in [5, 5.41) is 5.60. The maximum atomic E-state index is 13.0. The number of amides is 2. The Bertz CT molecular complexity index is 1070. The first-order valence-corrected chi connectivity index (χ1v) is 10.3. The monoisotopic (exact) mass is 410 g/mol. The molecule has 0 spiro atoms. The van der Waals surface area contributed by atoms with E-state index in [0.29, 0.717) is 17.1 Å². The van der Waals surface area contributed by atoms with E-state index in [1.54, 1.807) is 24.3 Å². The summed E-state index contributed by atoms with van der Waals surface area (Å²) in [6.07, 6.45) is 3.20. The van der Waals surface area contributed by atoms with Crippen molar-refractivity contribution < 1.29 is 14.0 Å². The number of benzene rings is 2. The molecule has 0 atom stereocenters. The second-order valence-electron chi connectivity index (χ2n) is 6.08. The van der Waals surface area contributed by atoms with Gasteiger partial charge in [-0.05, 0) is 54.1 Å². The Hall–Kier alpha value is -2.90. The summed E-state index contributed by atoms with van der Waals surface area (Å²) in [5.74, 6) is -0.165. The van der Waals surface area contributed by atoms with Crippen LogP contribution in [-0.4, -0.2) is 17.6 Å². The van der Waals surface area contributed by atoms with Crippen LogP contribution in [0.15, 0.2) is 65.6 Å². The number of fused-ring (bicyclic) bond motifs is 1. The fourth-order valence-corrected chi connectivity index (χ4v) is 4.42. The van der Waals surface area contributed by atoms with Gasteiger partial charge in [-0.25, -0.2) is 4.39 Å². The molecule has 0 saturated heterocycles. The lowest BCUT2D eigenvalue weighted by atomic mass is 10.2. The van der Waals surface area contributed by atoms with Crippen LogP contribution < -0.4 is 10.6 Å². The molecule has 140 valence electrons. The van der Waals surface area contributed by atoms with E-state index >= 15 is 0 Å². The summed E-state index contributed by atoms with van der Waals surface area (Å²) in [7, 11) is 0. The maximum Gasteiger partial charge on any atom is 0.248 e. The summed E-state index contributed by atoms with van der Waals surface area (Å²) < 4.78 is 13.0. The van der Waals surface area contributed by atoms with E-state index < -0.39 is 0 Å². The Morgan fingerprint density at radius 1 is 1.11 bits per heavy atom. The third-order valence-electron chi connectivity index (χ3n) is 4.03. The standard InChI is InChI=1S/C21H15FN2O2S2/c22-14-3-1-13(2-4-14)18-9-6-16(28-18)7-10-20(25)23-15-5-8-19-17(11-15)24-21(26)12-27-19/h1-11H,12H2,(H,23,25)(H,24,26)/b10-7+. The van der Waals surface area contributed by atoms with Crippen molar-refractivity contribution in [2.45, 2.75) is 4.90 Å². The number of thioether (sulfide) groups is 1. The van der Waals surface area contributed by atoms with Gasteiger partial charge in [-0.2, -0.15) is 0 Å². The van der Waals surface area contributed by atoms with Crippen LogP contribution in [0, 0.1) is 5.82 Å². The van der Waals surface area contributed by atoms with Crippen molar-refractivity contribution in [2.75, 3.05) is 16.4 Å². The number of nitrogens with one attached hydrogen (secondary N) is 2. The second-order valence-corrected chi connectivity index (χ2v) is 8.21. The van der Waals surface area contributed by atoms with Gasteiger partial charge in [0.1, 0.15) is 5.82 Å². The van der Waals surface area contributed by atoms with Crippen LogP contribution >= 0.6 is 23.1 Å². The van der Waals surface area contributed by atoms with Crippen molar-refractivity contribution in [1.29, 1.82) is 0 Å². The minimum absolute atomic E-state index is 0.0458. The van der Waals surface area contributed by atoms with E-state index in [2.05, 4.69) is 10.6 Å². The molecule has 3 aromatic rings. The summed E-state index contributed by atoms with van der Waals surface area (Å²) in [6.45, 7) is 0. The van der Waals surface area contributed by atoms with Crippen molar-refractivity contribution in [3.8, 4) is 10.4 Å². The zero-order valence-electron chi connectivity index (χ0n) is 14.6. The largest absolute Gasteiger partial charge is 0.324 e. The lowest BCUT2D eigenvalue weighted by Gasteiger charge is -2.17. The minimum atomic E-state index is -0.266. The molecule has 2 N–H and O–H groups in total. The average Bonchev–Trinajstić information content (AvgIpc) is 3.16. The highest BCUT2D eigenvalue weighted by atomic mass is 32.2. The number of hydrogen-bond donors (Lipinski definition) is 2. The van der Waals surface area contributed by atoms with Gasteiger partial charge in [-0.1, -0.05) is 12.1 Å². The Labute approximate surface area is 169 Å². The molecule has 2 aromatic carbocycles. The molecule has 2 amide bonds. The second kappa shape index (κ2) is 8.00. The van der Waals surface area contributed by atoms with Gasteiger partial charge in [0, 0.05) is 26.4 Å². The predicted molar refractivity (Wildman–Crippen MR) is 113 cm³/mol. The summed E-state index contributed by atoms with van der Waals surface area (Å²) in [6, 6.07) is 15.6. The molecule has 0 unspecified atom stereocenters. The van der Waals surface area contributed by atoms with Gasteiger partial charge < -0.3 is 10.6 Å². The molecule has 1 aromatic heterocycles. The molecule has 0 bridgehead atoms. The van der Waals surface area contributed by atoms with Crippen LogP contribution in [0.1, 0.15) is 4.88 Å². The van der Waals surface area contributed by atoms with Crippen LogP contribution in [0.5, 0.6) is 0 Å². The van der Waals surface area contributed by atoms with E-state index in [0.717, 1.165) is 20.2 Å². The quantitative estimate of drug-likeness (QED) is 0.578. The molecule has 7 heteroatoms. The van der Waals surface area contributed by atoms with Crippen molar-refractivity contribution in [3.63, 3.8) is 0 Å². The van der Waals surface area contributed by atoms with Crippen LogP contribution in [0.4, 0.5) is 15.8 Å². The summed E-state index contributed by atoms with van der Waals surface area (Å²) >= 11 is 2.99. The van der Waals surface area contributed by atoms with Crippen LogP contribution in [0.2, 0.25) is 0 Å². The Kier molecular flexibility index (Phi) is 5.27. The topological polar surface area (TPSA) is 58.2 Å². The molecule has 1 aliphatic rings. The average molecular weight is 410 g/mol. The van der Waals surface area contributed by atoms with E-state index in [1.165, 1.54) is 41.3 Å². The SMILES string of the molecule is O=C(/C=C/c1ccc(-c2ccc(F)cc2)s1)Nc1ccc2c(c1)NC(=O)CS2. The lowest BCUT2D eigenvalue weighted by molar-refractivity contribution is -0.114. The van der Waals surface area contributed by atoms with Gasteiger partial charge in [0.15, 0.2) is 0 Å².